The number of rotatable bonds is 8. The van der Waals surface area contributed by atoms with Crippen LogP contribution in [0.4, 0.5) is 0 Å². The van der Waals surface area contributed by atoms with Gasteiger partial charge in [-0.1, -0.05) is 44.5 Å². The molecule has 0 unspecified atom stereocenters. The van der Waals surface area contributed by atoms with Gasteiger partial charge >= 0.3 is 0 Å². The van der Waals surface area contributed by atoms with E-state index in [4.69, 9.17) is 0 Å². The molecule has 6 heteroatoms. The fourth-order valence-corrected chi connectivity index (χ4v) is 4.12. The molecule has 1 amide bonds. The van der Waals surface area contributed by atoms with E-state index < -0.39 is 0 Å². The first kappa shape index (κ1) is 18.3. The van der Waals surface area contributed by atoms with Gasteiger partial charge in [-0.2, -0.15) is 5.10 Å². The van der Waals surface area contributed by atoms with E-state index in [1.165, 1.54) is 16.8 Å². The molecule has 3 aromatic rings. The summed E-state index contributed by atoms with van der Waals surface area (Å²) >= 11 is 1.63. The Morgan fingerprint density at radius 3 is 2.62 bits per heavy atom. The predicted octanol–water partition coefficient (Wildman–Crippen LogP) is 3.83. The van der Waals surface area contributed by atoms with Crippen LogP contribution in [-0.4, -0.2) is 20.7 Å². The number of aromatic nitrogens is 3. The van der Waals surface area contributed by atoms with Crippen molar-refractivity contribution in [1.29, 1.82) is 0 Å². The molecular weight excluding hydrogens is 344 g/mol. The fraction of sp³-hybridized carbons (Fsp3) is 0.350. The lowest BCUT2D eigenvalue weighted by atomic mass is 10.1. The third kappa shape index (κ3) is 4.58. The van der Waals surface area contributed by atoms with Crippen molar-refractivity contribution in [2.24, 2.45) is 0 Å². The SMILES string of the molecule is CCCc1sc(C(=O)NCc2ccc(Cn3cncn3)cc2)cc1CC. The van der Waals surface area contributed by atoms with Gasteiger partial charge in [0.05, 0.1) is 11.4 Å². The van der Waals surface area contributed by atoms with Crippen LogP contribution in [0.5, 0.6) is 0 Å². The van der Waals surface area contributed by atoms with Crippen LogP contribution >= 0.6 is 11.3 Å². The summed E-state index contributed by atoms with van der Waals surface area (Å²) in [5.41, 5.74) is 3.54. The van der Waals surface area contributed by atoms with Crippen molar-refractivity contribution in [2.75, 3.05) is 0 Å². The number of carbonyl (C=O) groups excluding carboxylic acids is 1. The molecule has 1 aromatic carbocycles. The van der Waals surface area contributed by atoms with Crippen molar-refractivity contribution in [3.8, 4) is 0 Å². The molecule has 0 aliphatic heterocycles. The minimum atomic E-state index is 0.0127. The second kappa shape index (κ2) is 8.76. The van der Waals surface area contributed by atoms with Gasteiger partial charge < -0.3 is 5.32 Å². The highest BCUT2D eigenvalue weighted by molar-refractivity contribution is 7.14. The summed E-state index contributed by atoms with van der Waals surface area (Å²) in [5, 5.41) is 7.14. The maximum Gasteiger partial charge on any atom is 0.261 e. The van der Waals surface area contributed by atoms with Crippen molar-refractivity contribution >= 4 is 17.2 Å². The molecule has 0 radical (unpaired) electrons. The molecule has 0 spiro atoms. The average Bonchev–Trinajstić information content (AvgIpc) is 3.31. The number of thiophene rings is 1. The van der Waals surface area contributed by atoms with E-state index in [0.29, 0.717) is 13.1 Å². The zero-order chi connectivity index (χ0) is 18.4. The lowest BCUT2D eigenvalue weighted by Crippen LogP contribution is -2.21. The Kier molecular flexibility index (Phi) is 6.17. The molecule has 0 aliphatic carbocycles. The molecule has 1 N–H and O–H groups in total. The van der Waals surface area contributed by atoms with Crippen LogP contribution in [0.3, 0.4) is 0 Å². The van der Waals surface area contributed by atoms with E-state index >= 15 is 0 Å². The molecule has 136 valence electrons. The second-order valence-electron chi connectivity index (χ2n) is 6.25. The van der Waals surface area contributed by atoms with Gasteiger partial charge in [-0.3, -0.25) is 4.79 Å². The topological polar surface area (TPSA) is 59.8 Å². The Labute approximate surface area is 158 Å². The monoisotopic (exact) mass is 368 g/mol. The van der Waals surface area contributed by atoms with Crippen molar-refractivity contribution < 1.29 is 4.79 Å². The zero-order valence-corrected chi connectivity index (χ0v) is 16.1. The molecule has 0 atom stereocenters. The van der Waals surface area contributed by atoms with Gasteiger partial charge in [-0.25, -0.2) is 9.67 Å². The number of hydrogen-bond donors (Lipinski definition) is 1. The number of hydrogen-bond acceptors (Lipinski definition) is 4. The minimum absolute atomic E-state index is 0.0127. The van der Waals surface area contributed by atoms with Crippen LogP contribution in [-0.2, 0) is 25.9 Å². The summed E-state index contributed by atoms with van der Waals surface area (Å²) < 4.78 is 1.78. The number of aryl methyl sites for hydroxylation is 2. The summed E-state index contributed by atoms with van der Waals surface area (Å²) in [6.45, 7) is 5.54. The van der Waals surface area contributed by atoms with Crippen molar-refractivity contribution in [2.45, 2.75) is 46.2 Å². The molecule has 0 fully saturated rings. The molecule has 3 rings (SSSR count). The highest BCUT2D eigenvalue weighted by Gasteiger charge is 2.13. The average molecular weight is 369 g/mol. The van der Waals surface area contributed by atoms with Gasteiger partial charge in [0.1, 0.15) is 12.7 Å². The van der Waals surface area contributed by atoms with E-state index in [2.05, 4.69) is 41.4 Å². The van der Waals surface area contributed by atoms with Gasteiger partial charge in [0, 0.05) is 11.4 Å². The first-order chi connectivity index (χ1) is 12.7. The molecular formula is C20H24N4OS. The summed E-state index contributed by atoms with van der Waals surface area (Å²) in [6.07, 6.45) is 6.37. The van der Waals surface area contributed by atoms with E-state index in [0.717, 1.165) is 35.3 Å². The second-order valence-corrected chi connectivity index (χ2v) is 7.39. The zero-order valence-electron chi connectivity index (χ0n) is 15.2. The highest BCUT2D eigenvalue weighted by Crippen LogP contribution is 2.24. The van der Waals surface area contributed by atoms with Gasteiger partial charge in [0.25, 0.3) is 5.91 Å². The fourth-order valence-electron chi connectivity index (χ4n) is 2.85. The molecule has 5 nitrogen and oxygen atoms in total. The van der Waals surface area contributed by atoms with Crippen molar-refractivity contribution in [3.05, 3.63) is 69.4 Å². The van der Waals surface area contributed by atoms with Crippen molar-refractivity contribution in [3.63, 3.8) is 0 Å². The normalized spacial score (nSPS) is 10.8. The van der Waals surface area contributed by atoms with Crippen LogP contribution in [0, 0.1) is 0 Å². The molecule has 0 saturated heterocycles. The smallest absolute Gasteiger partial charge is 0.261 e. The van der Waals surface area contributed by atoms with Crippen LogP contribution in [0.25, 0.3) is 0 Å². The number of carbonyl (C=O) groups is 1. The van der Waals surface area contributed by atoms with E-state index in [-0.39, 0.29) is 5.91 Å². The Morgan fingerprint density at radius 2 is 1.96 bits per heavy atom. The number of amides is 1. The van der Waals surface area contributed by atoms with Crippen LogP contribution < -0.4 is 5.32 Å². The summed E-state index contributed by atoms with van der Waals surface area (Å²) in [7, 11) is 0. The van der Waals surface area contributed by atoms with Gasteiger partial charge in [-0.15, -0.1) is 11.3 Å². The minimum Gasteiger partial charge on any atom is -0.347 e. The third-order valence-electron chi connectivity index (χ3n) is 4.27. The molecule has 0 bridgehead atoms. The van der Waals surface area contributed by atoms with Gasteiger partial charge in [-0.05, 0) is 35.6 Å². The van der Waals surface area contributed by atoms with E-state index in [9.17, 15) is 4.79 Å². The van der Waals surface area contributed by atoms with Crippen LogP contribution in [0.1, 0.15) is 51.5 Å². The molecule has 2 aromatic heterocycles. The first-order valence-corrected chi connectivity index (χ1v) is 9.81. The number of nitrogens with one attached hydrogen (secondary N) is 1. The Balaban J connectivity index is 1.57. The molecule has 0 aliphatic rings. The van der Waals surface area contributed by atoms with E-state index in [1.54, 1.807) is 22.3 Å². The summed E-state index contributed by atoms with van der Waals surface area (Å²) in [6, 6.07) is 10.2. The number of nitrogens with zero attached hydrogens (tertiary/aromatic N) is 3. The standard InChI is InChI=1S/C20H24N4OS/c1-3-5-18-17(4-2)10-19(26-18)20(25)22-11-15-6-8-16(9-7-15)12-24-14-21-13-23-24/h6-10,13-14H,3-5,11-12H2,1-2H3,(H,22,25). The predicted molar refractivity (Wildman–Crippen MR) is 104 cm³/mol. The Hall–Kier alpha value is -2.47. The molecule has 2 heterocycles. The van der Waals surface area contributed by atoms with Crippen LogP contribution in [0.2, 0.25) is 0 Å². The summed E-state index contributed by atoms with van der Waals surface area (Å²) in [4.78, 5) is 18.6. The maximum absolute atomic E-state index is 12.5. The molecule has 26 heavy (non-hydrogen) atoms. The van der Waals surface area contributed by atoms with Crippen molar-refractivity contribution in [1.82, 2.24) is 20.1 Å². The van der Waals surface area contributed by atoms with E-state index in [1.807, 2.05) is 18.2 Å². The lowest BCUT2D eigenvalue weighted by Gasteiger charge is -2.06. The summed E-state index contributed by atoms with van der Waals surface area (Å²) in [5.74, 6) is 0.0127. The largest absolute Gasteiger partial charge is 0.347 e. The first-order valence-electron chi connectivity index (χ1n) is 8.99. The lowest BCUT2D eigenvalue weighted by molar-refractivity contribution is 0.0955. The van der Waals surface area contributed by atoms with Crippen LogP contribution in [0.15, 0.2) is 43.0 Å². The quantitative estimate of drug-likeness (QED) is 0.657. The Morgan fingerprint density at radius 1 is 1.19 bits per heavy atom. The Bertz CT molecular complexity index is 837. The molecule has 0 saturated carbocycles. The number of benzene rings is 1. The maximum atomic E-state index is 12.5. The third-order valence-corrected chi connectivity index (χ3v) is 5.50. The van der Waals surface area contributed by atoms with Gasteiger partial charge in [0.15, 0.2) is 0 Å². The highest BCUT2D eigenvalue weighted by atomic mass is 32.1. The van der Waals surface area contributed by atoms with Gasteiger partial charge in [0.2, 0.25) is 0 Å².